The van der Waals surface area contributed by atoms with Crippen LogP contribution < -0.4 is 10.1 Å². The Labute approximate surface area is 130 Å². The second kappa shape index (κ2) is 8.10. The van der Waals surface area contributed by atoms with E-state index in [1.54, 1.807) is 11.8 Å². The highest BCUT2D eigenvalue weighted by atomic mass is 32.2. The van der Waals surface area contributed by atoms with E-state index in [0.717, 1.165) is 30.3 Å². The second-order valence-corrected chi connectivity index (χ2v) is 6.15. The van der Waals surface area contributed by atoms with E-state index in [-0.39, 0.29) is 0 Å². The maximum Gasteiger partial charge on any atom is 0.174 e. The van der Waals surface area contributed by atoms with Crippen molar-refractivity contribution >= 4 is 11.8 Å². The van der Waals surface area contributed by atoms with Gasteiger partial charge in [-0.3, -0.25) is 0 Å². The Bertz CT molecular complexity index is 537. The van der Waals surface area contributed by atoms with Crippen LogP contribution in [0.25, 0.3) is 0 Å². The number of nitrogens with one attached hydrogen (secondary N) is 1. The van der Waals surface area contributed by atoms with Crippen LogP contribution in [0.4, 0.5) is 0 Å². The summed E-state index contributed by atoms with van der Waals surface area (Å²) in [6.45, 7) is 6.45. The van der Waals surface area contributed by atoms with E-state index in [1.807, 2.05) is 30.3 Å². The van der Waals surface area contributed by atoms with Crippen molar-refractivity contribution in [2.75, 3.05) is 12.8 Å². The molecule has 21 heavy (non-hydrogen) atoms. The Morgan fingerprint density at radius 3 is 2.71 bits per heavy atom. The normalized spacial score (nSPS) is 11.0. The molecule has 1 aromatic carbocycles. The third-order valence-corrected chi connectivity index (χ3v) is 3.65. The highest BCUT2D eigenvalue weighted by Crippen LogP contribution is 2.19. The zero-order chi connectivity index (χ0) is 15.1. The minimum absolute atomic E-state index is 0.399. The van der Waals surface area contributed by atoms with Crippen molar-refractivity contribution in [2.45, 2.75) is 31.9 Å². The Morgan fingerprint density at radius 2 is 2.05 bits per heavy atom. The molecule has 5 heteroatoms. The van der Waals surface area contributed by atoms with Gasteiger partial charge in [-0.2, -0.15) is 0 Å². The van der Waals surface area contributed by atoms with E-state index in [9.17, 15) is 0 Å². The van der Waals surface area contributed by atoms with Gasteiger partial charge in [0.25, 0.3) is 0 Å². The zero-order valence-electron chi connectivity index (χ0n) is 12.8. The largest absolute Gasteiger partial charge is 0.486 e. The quantitative estimate of drug-likeness (QED) is 0.753. The molecule has 0 saturated heterocycles. The Morgan fingerprint density at radius 1 is 1.29 bits per heavy atom. The van der Waals surface area contributed by atoms with Crippen molar-refractivity contribution in [3.05, 3.63) is 41.8 Å². The number of aromatic nitrogens is 1. The molecule has 4 nitrogen and oxygen atoms in total. The summed E-state index contributed by atoms with van der Waals surface area (Å²) in [5.41, 5.74) is 0.909. The molecule has 0 aliphatic carbocycles. The highest BCUT2D eigenvalue weighted by molar-refractivity contribution is 7.98. The SMILES string of the molecule is CSc1ccc(OCc2cc(CNCC(C)C)no2)cc1. The number of rotatable bonds is 8. The summed E-state index contributed by atoms with van der Waals surface area (Å²) < 4.78 is 11.0. The van der Waals surface area contributed by atoms with E-state index in [1.165, 1.54) is 4.90 Å². The first-order valence-electron chi connectivity index (χ1n) is 7.09. The summed E-state index contributed by atoms with van der Waals surface area (Å²) in [4.78, 5) is 1.22. The summed E-state index contributed by atoms with van der Waals surface area (Å²) in [5.74, 6) is 2.21. The van der Waals surface area contributed by atoms with E-state index in [2.05, 4.69) is 30.6 Å². The molecule has 114 valence electrons. The maximum absolute atomic E-state index is 5.68. The summed E-state index contributed by atoms with van der Waals surface area (Å²) in [6.07, 6.45) is 2.05. The lowest BCUT2D eigenvalue weighted by Gasteiger charge is -2.04. The van der Waals surface area contributed by atoms with Crippen LogP contribution in [0.1, 0.15) is 25.3 Å². The number of nitrogens with zero attached hydrogens (tertiary/aromatic N) is 1. The summed E-state index contributed by atoms with van der Waals surface area (Å²) in [6, 6.07) is 9.95. The first-order valence-corrected chi connectivity index (χ1v) is 8.32. The predicted molar refractivity (Wildman–Crippen MR) is 85.6 cm³/mol. The molecule has 0 radical (unpaired) electrons. The molecule has 1 N–H and O–H groups in total. The number of ether oxygens (including phenoxy) is 1. The third kappa shape index (κ3) is 5.44. The van der Waals surface area contributed by atoms with Crippen molar-refractivity contribution in [2.24, 2.45) is 5.92 Å². The van der Waals surface area contributed by atoms with Crippen LogP contribution in [0.2, 0.25) is 0 Å². The van der Waals surface area contributed by atoms with Gasteiger partial charge >= 0.3 is 0 Å². The molecule has 2 rings (SSSR count). The Hall–Kier alpha value is -1.46. The van der Waals surface area contributed by atoms with Gasteiger partial charge in [-0.15, -0.1) is 11.8 Å². The number of benzene rings is 1. The van der Waals surface area contributed by atoms with Crippen LogP contribution in [0.15, 0.2) is 39.8 Å². The molecule has 0 bridgehead atoms. The fourth-order valence-electron chi connectivity index (χ4n) is 1.82. The van der Waals surface area contributed by atoms with Gasteiger partial charge in [0.05, 0.1) is 5.69 Å². The Kier molecular flexibility index (Phi) is 6.14. The van der Waals surface area contributed by atoms with Gasteiger partial charge in [0, 0.05) is 17.5 Å². The fourth-order valence-corrected chi connectivity index (χ4v) is 2.23. The average Bonchev–Trinajstić information content (AvgIpc) is 2.93. The summed E-state index contributed by atoms with van der Waals surface area (Å²) in [7, 11) is 0. The third-order valence-electron chi connectivity index (χ3n) is 2.91. The lowest BCUT2D eigenvalue weighted by molar-refractivity contribution is 0.248. The molecule has 0 spiro atoms. The predicted octanol–water partition coefficient (Wildman–Crippen LogP) is 3.72. The van der Waals surface area contributed by atoms with Crippen molar-refractivity contribution in [1.29, 1.82) is 0 Å². The summed E-state index contributed by atoms with van der Waals surface area (Å²) >= 11 is 1.71. The number of hydrogen-bond donors (Lipinski definition) is 1. The minimum Gasteiger partial charge on any atom is -0.486 e. The van der Waals surface area contributed by atoms with Crippen molar-refractivity contribution < 1.29 is 9.26 Å². The molecule has 0 unspecified atom stereocenters. The minimum atomic E-state index is 0.399. The average molecular weight is 306 g/mol. The monoisotopic (exact) mass is 306 g/mol. The summed E-state index contributed by atoms with van der Waals surface area (Å²) in [5, 5.41) is 7.37. The van der Waals surface area contributed by atoms with Gasteiger partial charge in [-0.05, 0) is 43.0 Å². The highest BCUT2D eigenvalue weighted by Gasteiger charge is 2.05. The van der Waals surface area contributed by atoms with E-state index in [0.29, 0.717) is 12.5 Å². The second-order valence-electron chi connectivity index (χ2n) is 5.27. The molecule has 2 aromatic rings. The van der Waals surface area contributed by atoms with Crippen molar-refractivity contribution in [1.82, 2.24) is 10.5 Å². The number of hydrogen-bond acceptors (Lipinski definition) is 5. The first kappa shape index (κ1) is 15.9. The van der Waals surface area contributed by atoms with E-state index < -0.39 is 0 Å². The maximum atomic E-state index is 5.68. The first-order chi connectivity index (χ1) is 10.2. The topological polar surface area (TPSA) is 47.3 Å². The van der Waals surface area contributed by atoms with Crippen LogP contribution in [-0.2, 0) is 13.2 Å². The molecule has 0 fully saturated rings. The Balaban J connectivity index is 1.79. The van der Waals surface area contributed by atoms with Gasteiger partial charge in [0.15, 0.2) is 5.76 Å². The van der Waals surface area contributed by atoms with Crippen molar-refractivity contribution in [3.8, 4) is 5.75 Å². The van der Waals surface area contributed by atoms with Crippen LogP contribution in [-0.4, -0.2) is 18.0 Å². The van der Waals surface area contributed by atoms with Crippen LogP contribution >= 0.6 is 11.8 Å². The zero-order valence-corrected chi connectivity index (χ0v) is 13.6. The number of thioether (sulfide) groups is 1. The van der Waals surface area contributed by atoms with Gasteiger partial charge in [0.2, 0.25) is 0 Å². The van der Waals surface area contributed by atoms with Crippen LogP contribution in [0, 0.1) is 5.92 Å². The standard InChI is InChI=1S/C16H22N2O2S/c1-12(2)9-17-10-13-8-15(20-18-13)11-19-14-4-6-16(21-3)7-5-14/h4-8,12,17H,9-11H2,1-3H3. The van der Waals surface area contributed by atoms with Crippen LogP contribution in [0.5, 0.6) is 5.75 Å². The van der Waals surface area contributed by atoms with Crippen molar-refractivity contribution in [3.63, 3.8) is 0 Å². The lowest BCUT2D eigenvalue weighted by Crippen LogP contribution is -2.19. The van der Waals surface area contributed by atoms with Gasteiger partial charge in [-0.1, -0.05) is 19.0 Å². The molecule has 0 aliphatic rings. The van der Waals surface area contributed by atoms with E-state index >= 15 is 0 Å². The molecular formula is C16H22N2O2S. The molecule has 0 atom stereocenters. The molecule has 0 amide bonds. The van der Waals surface area contributed by atoms with Crippen LogP contribution in [0.3, 0.4) is 0 Å². The molecular weight excluding hydrogens is 284 g/mol. The molecule has 1 heterocycles. The molecule has 1 aromatic heterocycles. The van der Waals surface area contributed by atoms with E-state index in [4.69, 9.17) is 9.26 Å². The lowest BCUT2D eigenvalue weighted by atomic mass is 10.2. The van der Waals surface area contributed by atoms with Gasteiger partial charge in [0.1, 0.15) is 12.4 Å². The molecule has 0 saturated carbocycles. The smallest absolute Gasteiger partial charge is 0.174 e. The fraction of sp³-hybridized carbons (Fsp3) is 0.438. The van der Waals surface area contributed by atoms with Gasteiger partial charge < -0.3 is 14.6 Å². The van der Waals surface area contributed by atoms with Gasteiger partial charge in [-0.25, -0.2) is 0 Å². The molecule has 0 aliphatic heterocycles.